The van der Waals surface area contributed by atoms with Crippen molar-refractivity contribution >= 4 is 0 Å². The molecule has 2 aromatic heterocycles. The lowest BCUT2D eigenvalue weighted by Crippen LogP contribution is -2.08. The highest BCUT2D eigenvalue weighted by Crippen LogP contribution is 2.28. The van der Waals surface area contributed by atoms with E-state index in [4.69, 9.17) is 4.74 Å². The standard InChI is InChI=1S/C10H7F3N3O/c1-17-7-3-2-5-14-9(7)16-6-4-8(15-16)10(11,12)13/h2-5H,1H3. The van der Waals surface area contributed by atoms with E-state index in [-0.39, 0.29) is 5.82 Å². The Hall–Kier alpha value is -2.05. The lowest BCUT2D eigenvalue weighted by molar-refractivity contribution is -0.141. The lowest BCUT2D eigenvalue weighted by Gasteiger charge is -2.06. The van der Waals surface area contributed by atoms with Gasteiger partial charge >= 0.3 is 6.18 Å². The summed E-state index contributed by atoms with van der Waals surface area (Å²) < 4.78 is 42.9. The molecule has 0 amide bonds. The Morgan fingerprint density at radius 3 is 2.76 bits per heavy atom. The van der Waals surface area contributed by atoms with Gasteiger partial charge in [-0.2, -0.15) is 18.3 Å². The van der Waals surface area contributed by atoms with Gasteiger partial charge in [-0.05, 0) is 18.2 Å². The third-order valence-corrected chi connectivity index (χ3v) is 1.99. The van der Waals surface area contributed by atoms with E-state index in [2.05, 4.69) is 16.3 Å². The highest BCUT2D eigenvalue weighted by molar-refractivity contribution is 5.39. The maximum atomic E-state index is 12.4. The van der Waals surface area contributed by atoms with Gasteiger partial charge in [-0.3, -0.25) is 0 Å². The smallest absolute Gasteiger partial charge is 0.435 e. The van der Waals surface area contributed by atoms with E-state index in [0.717, 1.165) is 10.7 Å². The van der Waals surface area contributed by atoms with E-state index in [1.807, 2.05) is 0 Å². The van der Waals surface area contributed by atoms with Crippen molar-refractivity contribution in [1.29, 1.82) is 0 Å². The molecule has 0 aliphatic rings. The predicted molar refractivity (Wildman–Crippen MR) is 51.7 cm³/mol. The van der Waals surface area contributed by atoms with E-state index in [9.17, 15) is 13.2 Å². The molecule has 0 saturated carbocycles. The Kier molecular flexibility index (Phi) is 2.74. The first-order valence-electron chi connectivity index (χ1n) is 4.56. The minimum absolute atomic E-state index is 0.158. The van der Waals surface area contributed by atoms with Crippen molar-refractivity contribution < 1.29 is 17.9 Å². The van der Waals surface area contributed by atoms with E-state index in [0.29, 0.717) is 5.75 Å². The Morgan fingerprint density at radius 1 is 1.41 bits per heavy atom. The van der Waals surface area contributed by atoms with Crippen LogP contribution in [0.2, 0.25) is 0 Å². The largest absolute Gasteiger partial charge is 0.493 e. The van der Waals surface area contributed by atoms with Crippen molar-refractivity contribution in [2.24, 2.45) is 0 Å². The first-order valence-corrected chi connectivity index (χ1v) is 4.56. The lowest BCUT2D eigenvalue weighted by atomic mass is 10.4. The molecule has 2 rings (SSSR count). The van der Waals surface area contributed by atoms with Gasteiger partial charge in [0.2, 0.25) is 0 Å². The van der Waals surface area contributed by atoms with Gasteiger partial charge in [0.1, 0.15) is 0 Å². The minimum Gasteiger partial charge on any atom is -0.493 e. The summed E-state index contributed by atoms with van der Waals surface area (Å²) in [7, 11) is 1.40. The zero-order valence-electron chi connectivity index (χ0n) is 8.69. The summed E-state index contributed by atoms with van der Waals surface area (Å²) in [5, 5.41) is 3.35. The number of nitrogens with zero attached hydrogens (tertiary/aromatic N) is 3. The summed E-state index contributed by atoms with van der Waals surface area (Å²) in [6, 6.07) is 3.94. The molecule has 4 nitrogen and oxygen atoms in total. The van der Waals surface area contributed by atoms with Crippen LogP contribution in [-0.4, -0.2) is 21.9 Å². The molecule has 2 heterocycles. The van der Waals surface area contributed by atoms with Gasteiger partial charge in [0.15, 0.2) is 17.3 Å². The molecule has 0 aromatic carbocycles. The van der Waals surface area contributed by atoms with E-state index >= 15 is 0 Å². The molecule has 1 radical (unpaired) electrons. The van der Waals surface area contributed by atoms with Crippen molar-refractivity contribution in [2.75, 3.05) is 7.11 Å². The van der Waals surface area contributed by atoms with Crippen LogP contribution in [0.5, 0.6) is 5.75 Å². The fraction of sp³-hybridized carbons (Fsp3) is 0.200. The second kappa shape index (κ2) is 4.08. The quantitative estimate of drug-likeness (QED) is 0.809. The van der Waals surface area contributed by atoms with Gasteiger partial charge in [-0.15, -0.1) is 0 Å². The van der Waals surface area contributed by atoms with Crippen LogP contribution >= 0.6 is 0 Å². The molecule has 17 heavy (non-hydrogen) atoms. The molecule has 0 N–H and O–H groups in total. The van der Waals surface area contributed by atoms with Crippen molar-refractivity contribution in [1.82, 2.24) is 14.8 Å². The molecule has 0 saturated heterocycles. The molecule has 0 bridgehead atoms. The number of rotatable bonds is 2. The van der Waals surface area contributed by atoms with Gasteiger partial charge in [0, 0.05) is 6.20 Å². The van der Waals surface area contributed by atoms with Crippen molar-refractivity contribution in [3.63, 3.8) is 0 Å². The number of aromatic nitrogens is 3. The van der Waals surface area contributed by atoms with Gasteiger partial charge in [0.05, 0.1) is 13.3 Å². The topological polar surface area (TPSA) is 39.9 Å². The fourth-order valence-electron chi connectivity index (χ4n) is 1.24. The number of ether oxygens (including phenoxy) is 1. The molecular weight excluding hydrogens is 235 g/mol. The van der Waals surface area contributed by atoms with Gasteiger partial charge in [-0.1, -0.05) is 0 Å². The summed E-state index contributed by atoms with van der Waals surface area (Å²) in [4.78, 5) is 3.89. The molecule has 0 unspecified atom stereocenters. The van der Waals surface area contributed by atoms with Gasteiger partial charge in [-0.25, -0.2) is 9.67 Å². The first kappa shape index (κ1) is 11.4. The van der Waals surface area contributed by atoms with Crippen LogP contribution in [0.15, 0.2) is 24.4 Å². The zero-order valence-corrected chi connectivity index (χ0v) is 8.69. The first-order chi connectivity index (χ1) is 8.02. The number of halogens is 3. The van der Waals surface area contributed by atoms with Crippen LogP contribution in [-0.2, 0) is 6.18 Å². The summed E-state index contributed by atoms with van der Waals surface area (Å²) in [5.74, 6) is 0.478. The zero-order chi connectivity index (χ0) is 12.5. The number of hydrogen-bond acceptors (Lipinski definition) is 3. The highest BCUT2D eigenvalue weighted by Gasteiger charge is 2.34. The number of alkyl halides is 3. The molecule has 2 aromatic rings. The summed E-state index contributed by atoms with van der Waals surface area (Å²) >= 11 is 0. The van der Waals surface area contributed by atoms with Crippen LogP contribution in [0, 0.1) is 6.20 Å². The van der Waals surface area contributed by atoms with Gasteiger partial charge < -0.3 is 4.74 Å². The fourth-order valence-corrected chi connectivity index (χ4v) is 1.24. The van der Waals surface area contributed by atoms with E-state index in [1.54, 1.807) is 12.1 Å². The highest BCUT2D eigenvalue weighted by atomic mass is 19.4. The average molecular weight is 242 g/mol. The monoisotopic (exact) mass is 242 g/mol. The van der Waals surface area contributed by atoms with Crippen molar-refractivity contribution in [2.45, 2.75) is 6.18 Å². The van der Waals surface area contributed by atoms with Crippen molar-refractivity contribution in [3.05, 3.63) is 36.3 Å². The molecule has 0 fully saturated rings. The SMILES string of the molecule is COc1cccnc1-n1[c]cc(C(F)(F)F)n1. The van der Waals surface area contributed by atoms with Crippen LogP contribution in [0.3, 0.4) is 0 Å². The molecule has 7 heteroatoms. The minimum atomic E-state index is -4.50. The molecular formula is C10H7F3N3O. The third kappa shape index (κ3) is 2.22. The molecule has 0 aliphatic carbocycles. The second-order valence-corrected chi connectivity index (χ2v) is 3.10. The summed E-state index contributed by atoms with van der Waals surface area (Å²) in [5.41, 5.74) is -1.02. The number of pyridine rings is 1. The van der Waals surface area contributed by atoms with Crippen LogP contribution in [0.4, 0.5) is 13.2 Å². The normalized spacial score (nSPS) is 11.5. The Morgan fingerprint density at radius 2 is 2.18 bits per heavy atom. The molecule has 0 aliphatic heterocycles. The predicted octanol–water partition coefficient (Wildman–Crippen LogP) is 2.09. The maximum Gasteiger partial charge on any atom is 0.435 e. The Bertz CT molecular complexity index is 522. The Balaban J connectivity index is 2.44. The van der Waals surface area contributed by atoms with Crippen LogP contribution in [0.1, 0.15) is 5.69 Å². The van der Waals surface area contributed by atoms with E-state index < -0.39 is 11.9 Å². The molecule has 0 spiro atoms. The maximum absolute atomic E-state index is 12.4. The average Bonchev–Trinajstić information content (AvgIpc) is 2.77. The summed E-state index contributed by atoms with van der Waals surface area (Å²) in [6.45, 7) is 0. The van der Waals surface area contributed by atoms with Crippen LogP contribution < -0.4 is 4.74 Å². The Labute approximate surface area is 94.7 Å². The number of methoxy groups -OCH3 is 1. The molecule has 89 valence electrons. The van der Waals surface area contributed by atoms with E-state index in [1.165, 1.54) is 13.3 Å². The van der Waals surface area contributed by atoms with Crippen molar-refractivity contribution in [3.8, 4) is 11.6 Å². The number of hydrogen-bond donors (Lipinski definition) is 0. The van der Waals surface area contributed by atoms with Gasteiger partial charge in [0.25, 0.3) is 0 Å². The van der Waals surface area contributed by atoms with Crippen LogP contribution in [0.25, 0.3) is 5.82 Å². The second-order valence-electron chi connectivity index (χ2n) is 3.10. The third-order valence-electron chi connectivity index (χ3n) is 1.99. The molecule has 0 atom stereocenters. The summed E-state index contributed by atoms with van der Waals surface area (Å²) in [6.07, 6.45) is -0.719.